The van der Waals surface area contributed by atoms with E-state index in [0.717, 1.165) is 11.3 Å². The third-order valence-corrected chi connectivity index (χ3v) is 1.92. The van der Waals surface area contributed by atoms with Gasteiger partial charge in [-0.15, -0.1) is 5.10 Å². The second-order valence-electron chi connectivity index (χ2n) is 2.84. The van der Waals surface area contributed by atoms with Gasteiger partial charge in [0.15, 0.2) is 0 Å². The van der Waals surface area contributed by atoms with Crippen LogP contribution in [-0.2, 0) is 7.05 Å². The fourth-order valence-electron chi connectivity index (χ4n) is 1.31. The molecule has 0 amide bonds. The lowest BCUT2D eigenvalue weighted by Crippen LogP contribution is -1.93. The molecule has 0 unspecified atom stereocenters. The fourth-order valence-corrected chi connectivity index (χ4v) is 1.31. The van der Waals surface area contributed by atoms with Crippen LogP contribution < -0.4 is 0 Å². The lowest BCUT2D eigenvalue weighted by molar-refractivity contribution is 0.554. The molecule has 0 N–H and O–H groups in total. The molecule has 0 aliphatic rings. The minimum Gasteiger partial charge on any atom is -0.265 e. The Hall–Kier alpha value is -1.64. The molecule has 1 aromatic carbocycles. The van der Waals surface area contributed by atoms with E-state index in [1.165, 1.54) is 10.7 Å². The topological polar surface area (TPSA) is 17.8 Å². The summed E-state index contributed by atoms with van der Waals surface area (Å²) in [6.07, 6.45) is 0. The molecule has 0 atom stereocenters. The highest BCUT2D eigenvalue weighted by Crippen LogP contribution is 2.18. The molecule has 0 saturated heterocycles. The number of nitrogens with zero attached hydrogens (tertiary/aromatic N) is 2. The second kappa shape index (κ2) is 3.01. The Bertz CT molecular complexity index is 406. The lowest BCUT2D eigenvalue weighted by atomic mass is 10.1. The summed E-state index contributed by atoms with van der Waals surface area (Å²) in [7, 11) is 1.73. The summed E-state index contributed by atoms with van der Waals surface area (Å²) < 4.78 is 14.3. The summed E-state index contributed by atoms with van der Waals surface area (Å²) >= 11 is 0. The molecule has 2 nitrogen and oxygen atoms in total. The Morgan fingerprint density at radius 3 is 2.46 bits per heavy atom. The third kappa shape index (κ3) is 1.45. The first kappa shape index (κ1) is 7.98. The van der Waals surface area contributed by atoms with Crippen molar-refractivity contribution in [3.63, 3.8) is 0 Å². The SMILES string of the molecule is Cn1nc(F)cc1-c1ccccc1. The Morgan fingerprint density at radius 1 is 1.23 bits per heavy atom. The molecule has 1 heterocycles. The molecule has 0 spiro atoms. The monoisotopic (exact) mass is 176 g/mol. The Balaban J connectivity index is 2.53. The van der Waals surface area contributed by atoms with Gasteiger partial charge >= 0.3 is 0 Å². The van der Waals surface area contributed by atoms with Gasteiger partial charge in [-0.3, -0.25) is 4.68 Å². The van der Waals surface area contributed by atoms with Gasteiger partial charge in [-0.05, 0) is 5.56 Å². The van der Waals surface area contributed by atoms with Crippen LogP contribution >= 0.6 is 0 Å². The predicted octanol–water partition coefficient (Wildman–Crippen LogP) is 2.23. The van der Waals surface area contributed by atoms with Crippen LogP contribution in [0.15, 0.2) is 36.4 Å². The van der Waals surface area contributed by atoms with Gasteiger partial charge < -0.3 is 0 Å². The van der Waals surface area contributed by atoms with Crippen LogP contribution in [0.1, 0.15) is 0 Å². The highest BCUT2D eigenvalue weighted by Gasteiger charge is 2.05. The fraction of sp³-hybridized carbons (Fsp3) is 0.100. The van der Waals surface area contributed by atoms with Crippen molar-refractivity contribution in [1.29, 1.82) is 0 Å². The Kier molecular flexibility index (Phi) is 1.85. The van der Waals surface area contributed by atoms with Crippen LogP contribution in [0, 0.1) is 5.95 Å². The summed E-state index contributed by atoms with van der Waals surface area (Å²) in [6.45, 7) is 0. The second-order valence-corrected chi connectivity index (χ2v) is 2.84. The van der Waals surface area contributed by atoms with Crippen molar-refractivity contribution >= 4 is 0 Å². The predicted molar refractivity (Wildman–Crippen MR) is 48.6 cm³/mol. The highest BCUT2D eigenvalue weighted by molar-refractivity contribution is 5.58. The van der Waals surface area contributed by atoms with Crippen LogP contribution in [0.2, 0.25) is 0 Å². The maximum atomic E-state index is 12.7. The first-order valence-corrected chi connectivity index (χ1v) is 4.02. The van der Waals surface area contributed by atoms with Gasteiger partial charge in [-0.1, -0.05) is 30.3 Å². The smallest absolute Gasteiger partial charge is 0.233 e. The molecular formula is C10H9FN2. The van der Waals surface area contributed by atoms with Gasteiger partial charge in [-0.25, -0.2) is 0 Å². The van der Waals surface area contributed by atoms with E-state index in [4.69, 9.17) is 0 Å². The largest absolute Gasteiger partial charge is 0.265 e. The van der Waals surface area contributed by atoms with Crippen molar-refractivity contribution in [1.82, 2.24) is 9.78 Å². The molecule has 0 aliphatic heterocycles. The van der Waals surface area contributed by atoms with Crippen LogP contribution in [0.25, 0.3) is 11.3 Å². The number of hydrogen-bond donors (Lipinski definition) is 0. The number of hydrogen-bond acceptors (Lipinski definition) is 1. The van der Waals surface area contributed by atoms with Crippen LogP contribution in [0.4, 0.5) is 4.39 Å². The minimum atomic E-state index is -0.443. The van der Waals surface area contributed by atoms with Crippen LogP contribution in [-0.4, -0.2) is 9.78 Å². The molecular weight excluding hydrogens is 167 g/mol. The van der Waals surface area contributed by atoms with Crippen LogP contribution in [0.5, 0.6) is 0 Å². The maximum Gasteiger partial charge on any atom is 0.233 e. The normalized spacial score (nSPS) is 10.3. The molecule has 2 aromatic rings. The van der Waals surface area contributed by atoms with E-state index in [2.05, 4.69) is 5.10 Å². The third-order valence-electron chi connectivity index (χ3n) is 1.92. The van der Waals surface area contributed by atoms with Crippen molar-refractivity contribution in [2.45, 2.75) is 0 Å². The molecule has 2 rings (SSSR count). The molecule has 13 heavy (non-hydrogen) atoms. The number of rotatable bonds is 1. The van der Waals surface area contributed by atoms with Gasteiger partial charge in [0.05, 0.1) is 5.69 Å². The number of aromatic nitrogens is 2. The van der Waals surface area contributed by atoms with Crippen LogP contribution in [0.3, 0.4) is 0 Å². The van der Waals surface area contributed by atoms with Crippen molar-refractivity contribution < 1.29 is 4.39 Å². The number of halogens is 1. The zero-order chi connectivity index (χ0) is 9.26. The molecule has 66 valence electrons. The van der Waals surface area contributed by atoms with Gasteiger partial charge in [0.1, 0.15) is 0 Å². The van der Waals surface area contributed by atoms with Crippen molar-refractivity contribution in [3.05, 3.63) is 42.3 Å². The average Bonchev–Trinajstić information content (AvgIpc) is 2.47. The zero-order valence-electron chi connectivity index (χ0n) is 7.24. The van der Waals surface area contributed by atoms with E-state index in [-0.39, 0.29) is 0 Å². The molecule has 0 aliphatic carbocycles. The number of aryl methyl sites for hydroxylation is 1. The summed E-state index contributed by atoms with van der Waals surface area (Å²) in [5.41, 5.74) is 1.76. The summed E-state index contributed by atoms with van der Waals surface area (Å²) in [5, 5.41) is 3.64. The molecule has 0 bridgehead atoms. The standard InChI is InChI=1S/C10H9FN2/c1-13-9(7-10(11)12-13)8-5-3-2-4-6-8/h2-7H,1H3. The number of benzene rings is 1. The minimum absolute atomic E-state index is 0.443. The van der Waals surface area contributed by atoms with Gasteiger partial charge in [0, 0.05) is 13.1 Å². The lowest BCUT2D eigenvalue weighted by Gasteiger charge is -1.99. The quantitative estimate of drug-likeness (QED) is 0.651. The molecule has 1 aromatic heterocycles. The molecule has 0 saturated carbocycles. The van der Waals surface area contributed by atoms with E-state index in [0.29, 0.717) is 0 Å². The highest BCUT2D eigenvalue weighted by atomic mass is 19.1. The Labute approximate surface area is 75.6 Å². The van der Waals surface area contributed by atoms with E-state index in [1.54, 1.807) is 7.05 Å². The average molecular weight is 176 g/mol. The Morgan fingerprint density at radius 2 is 1.92 bits per heavy atom. The summed E-state index contributed by atoms with van der Waals surface area (Å²) in [4.78, 5) is 0. The summed E-state index contributed by atoms with van der Waals surface area (Å²) in [5.74, 6) is -0.443. The summed E-state index contributed by atoms with van der Waals surface area (Å²) in [6, 6.07) is 11.0. The molecule has 3 heteroatoms. The van der Waals surface area contributed by atoms with Gasteiger partial charge in [0.2, 0.25) is 5.95 Å². The van der Waals surface area contributed by atoms with Gasteiger partial charge in [0.25, 0.3) is 0 Å². The van der Waals surface area contributed by atoms with E-state index in [1.807, 2.05) is 30.3 Å². The van der Waals surface area contributed by atoms with Crippen molar-refractivity contribution in [3.8, 4) is 11.3 Å². The van der Waals surface area contributed by atoms with E-state index in [9.17, 15) is 4.39 Å². The van der Waals surface area contributed by atoms with Crippen molar-refractivity contribution in [2.24, 2.45) is 7.05 Å². The molecule has 0 radical (unpaired) electrons. The first-order valence-electron chi connectivity index (χ1n) is 4.02. The molecule has 0 fully saturated rings. The first-order chi connectivity index (χ1) is 6.27. The van der Waals surface area contributed by atoms with Crippen molar-refractivity contribution in [2.75, 3.05) is 0 Å². The maximum absolute atomic E-state index is 12.7. The van der Waals surface area contributed by atoms with E-state index >= 15 is 0 Å². The van der Waals surface area contributed by atoms with E-state index < -0.39 is 5.95 Å². The van der Waals surface area contributed by atoms with Gasteiger partial charge in [-0.2, -0.15) is 4.39 Å². The zero-order valence-corrected chi connectivity index (χ0v) is 7.24.